The van der Waals surface area contributed by atoms with Crippen molar-refractivity contribution in [1.82, 2.24) is 14.5 Å². The Morgan fingerprint density at radius 3 is 3.19 bits per heavy atom. The number of carbonyl (C=O) groups is 1. The van der Waals surface area contributed by atoms with Gasteiger partial charge in [-0.05, 0) is 6.42 Å². The fourth-order valence-electron chi connectivity index (χ4n) is 1.90. The predicted molar refractivity (Wildman–Crippen MR) is 57.0 cm³/mol. The molecule has 0 aromatic carbocycles. The Labute approximate surface area is 94.3 Å². The number of fused-ring (bicyclic) bond motifs is 1. The van der Waals surface area contributed by atoms with Crippen molar-refractivity contribution >= 4 is 5.91 Å². The highest BCUT2D eigenvalue weighted by Crippen LogP contribution is 2.14. The zero-order valence-corrected chi connectivity index (χ0v) is 9.26. The maximum atomic E-state index is 12.0. The van der Waals surface area contributed by atoms with Gasteiger partial charge in [0.2, 0.25) is 5.91 Å². The third-order valence-corrected chi connectivity index (χ3v) is 2.92. The van der Waals surface area contributed by atoms with Crippen LogP contribution in [-0.2, 0) is 17.9 Å². The van der Waals surface area contributed by atoms with Gasteiger partial charge in [0.15, 0.2) is 0 Å². The summed E-state index contributed by atoms with van der Waals surface area (Å²) < 4.78 is 2.04. The van der Waals surface area contributed by atoms with E-state index in [-0.39, 0.29) is 5.91 Å². The second-order valence-electron chi connectivity index (χ2n) is 3.89. The molecule has 0 bridgehead atoms. The molecule has 1 aromatic heterocycles. The molecule has 5 nitrogen and oxygen atoms in total. The second kappa shape index (κ2) is 4.35. The van der Waals surface area contributed by atoms with Gasteiger partial charge in [-0.1, -0.05) is 6.92 Å². The lowest BCUT2D eigenvalue weighted by molar-refractivity contribution is -0.135. The highest BCUT2D eigenvalue weighted by Gasteiger charge is 2.26. The zero-order chi connectivity index (χ0) is 11.5. The number of hydrogen-bond acceptors (Lipinski definition) is 3. The van der Waals surface area contributed by atoms with Gasteiger partial charge in [0.1, 0.15) is 11.7 Å². The lowest BCUT2D eigenvalue weighted by Crippen LogP contribution is -2.41. The zero-order valence-electron chi connectivity index (χ0n) is 9.26. The minimum absolute atomic E-state index is 0.0701. The number of hydrogen-bond donors (Lipinski definition) is 0. The van der Waals surface area contributed by atoms with Gasteiger partial charge < -0.3 is 9.47 Å². The molecule has 2 rings (SSSR count). The molecule has 1 amide bonds. The number of imidazole rings is 1. The van der Waals surface area contributed by atoms with Crippen LogP contribution in [0.2, 0.25) is 0 Å². The molecule has 1 unspecified atom stereocenters. The SMILES string of the molecule is CCC(C#N)C(=O)N1CCn2ccnc2C1. The van der Waals surface area contributed by atoms with Crippen molar-refractivity contribution in [2.24, 2.45) is 5.92 Å². The maximum absolute atomic E-state index is 12.0. The summed E-state index contributed by atoms with van der Waals surface area (Å²) in [6.07, 6.45) is 4.23. The van der Waals surface area contributed by atoms with E-state index in [9.17, 15) is 4.79 Å². The molecule has 0 fully saturated rings. The van der Waals surface area contributed by atoms with E-state index in [1.807, 2.05) is 23.8 Å². The Kier molecular flexibility index (Phi) is 2.91. The van der Waals surface area contributed by atoms with Crippen LogP contribution in [0.15, 0.2) is 12.4 Å². The third kappa shape index (κ3) is 1.78. The van der Waals surface area contributed by atoms with Crippen LogP contribution in [-0.4, -0.2) is 26.9 Å². The number of nitrogens with zero attached hydrogens (tertiary/aromatic N) is 4. The number of carbonyl (C=O) groups excluding carboxylic acids is 1. The van der Waals surface area contributed by atoms with E-state index in [1.165, 1.54) is 0 Å². The van der Waals surface area contributed by atoms with E-state index in [2.05, 4.69) is 4.98 Å². The monoisotopic (exact) mass is 218 g/mol. The molecule has 2 heterocycles. The van der Waals surface area contributed by atoms with Crippen molar-refractivity contribution in [3.05, 3.63) is 18.2 Å². The van der Waals surface area contributed by atoms with E-state index < -0.39 is 5.92 Å². The van der Waals surface area contributed by atoms with E-state index in [4.69, 9.17) is 5.26 Å². The first kappa shape index (κ1) is 10.7. The number of rotatable bonds is 2. The Bertz CT molecular complexity index is 431. The van der Waals surface area contributed by atoms with E-state index in [1.54, 1.807) is 11.1 Å². The molecular weight excluding hydrogens is 204 g/mol. The molecule has 0 N–H and O–H groups in total. The number of aromatic nitrogens is 2. The van der Waals surface area contributed by atoms with Gasteiger partial charge in [0, 0.05) is 25.5 Å². The van der Waals surface area contributed by atoms with Crippen LogP contribution in [0.1, 0.15) is 19.2 Å². The largest absolute Gasteiger partial charge is 0.332 e. The maximum Gasteiger partial charge on any atom is 0.240 e. The molecule has 16 heavy (non-hydrogen) atoms. The summed E-state index contributed by atoms with van der Waals surface area (Å²) in [4.78, 5) is 17.9. The first-order valence-electron chi connectivity index (χ1n) is 5.44. The van der Waals surface area contributed by atoms with Gasteiger partial charge in [-0.25, -0.2) is 4.98 Å². The van der Waals surface area contributed by atoms with Crippen molar-refractivity contribution in [2.75, 3.05) is 6.54 Å². The molecule has 1 aliphatic heterocycles. The lowest BCUT2D eigenvalue weighted by Gasteiger charge is -2.28. The Hall–Kier alpha value is -1.83. The molecule has 1 aliphatic rings. The number of amides is 1. The van der Waals surface area contributed by atoms with Gasteiger partial charge in [-0.15, -0.1) is 0 Å². The lowest BCUT2D eigenvalue weighted by atomic mass is 10.1. The Balaban J connectivity index is 2.09. The first-order valence-corrected chi connectivity index (χ1v) is 5.44. The van der Waals surface area contributed by atoms with Gasteiger partial charge in [-0.2, -0.15) is 5.26 Å². The highest BCUT2D eigenvalue weighted by atomic mass is 16.2. The molecule has 0 radical (unpaired) electrons. The van der Waals surface area contributed by atoms with Gasteiger partial charge in [-0.3, -0.25) is 4.79 Å². The van der Waals surface area contributed by atoms with Gasteiger partial charge in [0.25, 0.3) is 0 Å². The average molecular weight is 218 g/mol. The molecule has 0 saturated heterocycles. The standard InChI is InChI=1S/C11H14N4O/c1-2-9(7-12)11(16)15-6-5-14-4-3-13-10(14)8-15/h3-4,9H,2,5-6,8H2,1H3. The summed E-state index contributed by atoms with van der Waals surface area (Å²) in [5, 5.41) is 8.86. The summed E-state index contributed by atoms with van der Waals surface area (Å²) >= 11 is 0. The van der Waals surface area contributed by atoms with Gasteiger partial charge in [0.05, 0.1) is 12.6 Å². The summed E-state index contributed by atoms with van der Waals surface area (Å²) in [5.41, 5.74) is 0. The van der Waals surface area contributed by atoms with Crippen molar-refractivity contribution < 1.29 is 4.79 Å². The van der Waals surface area contributed by atoms with Crippen LogP contribution in [0.25, 0.3) is 0 Å². The quantitative estimate of drug-likeness (QED) is 0.736. The molecule has 0 spiro atoms. The van der Waals surface area contributed by atoms with Crippen molar-refractivity contribution in [1.29, 1.82) is 5.26 Å². The summed E-state index contributed by atoms with van der Waals surface area (Å²) in [5.74, 6) is 0.313. The van der Waals surface area contributed by atoms with Crippen LogP contribution in [0, 0.1) is 17.2 Å². The van der Waals surface area contributed by atoms with Crippen molar-refractivity contribution in [3.63, 3.8) is 0 Å². The normalized spacial score (nSPS) is 16.4. The molecule has 1 aromatic rings. The van der Waals surface area contributed by atoms with E-state index in [0.29, 0.717) is 19.5 Å². The molecule has 5 heteroatoms. The van der Waals surface area contributed by atoms with Crippen LogP contribution in [0.3, 0.4) is 0 Å². The third-order valence-electron chi connectivity index (χ3n) is 2.92. The van der Waals surface area contributed by atoms with Crippen molar-refractivity contribution in [2.45, 2.75) is 26.4 Å². The number of nitriles is 1. The van der Waals surface area contributed by atoms with E-state index in [0.717, 1.165) is 12.4 Å². The van der Waals surface area contributed by atoms with Crippen LogP contribution >= 0.6 is 0 Å². The minimum atomic E-state index is -0.512. The summed E-state index contributed by atoms with van der Waals surface area (Å²) in [6, 6.07) is 2.05. The van der Waals surface area contributed by atoms with Gasteiger partial charge >= 0.3 is 0 Å². The molecule has 0 saturated carbocycles. The molecule has 1 atom stereocenters. The fraction of sp³-hybridized carbons (Fsp3) is 0.545. The Morgan fingerprint density at radius 2 is 2.50 bits per heavy atom. The van der Waals surface area contributed by atoms with Crippen molar-refractivity contribution in [3.8, 4) is 6.07 Å². The summed E-state index contributed by atoms with van der Waals surface area (Å²) in [6.45, 7) is 3.81. The molecule has 0 aliphatic carbocycles. The smallest absolute Gasteiger partial charge is 0.240 e. The summed E-state index contributed by atoms with van der Waals surface area (Å²) in [7, 11) is 0. The van der Waals surface area contributed by atoms with Crippen LogP contribution < -0.4 is 0 Å². The fourth-order valence-corrected chi connectivity index (χ4v) is 1.90. The minimum Gasteiger partial charge on any atom is -0.332 e. The predicted octanol–water partition coefficient (Wildman–Crippen LogP) is 0.775. The topological polar surface area (TPSA) is 61.9 Å². The highest BCUT2D eigenvalue weighted by molar-refractivity contribution is 5.81. The Morgan fingerprint density at radius 1 is 1.69 bits per heavy atom. The second-order valence-corrected chi connectivity index (χ2v) is 3.89. The van der Waals surface area contributed by atoms with E-state index >= 15 is 0 Å². The molecular formula is C11H14N4O. The van der Waals surface area contributed by atoms with Crippen LogP contribution in [0.5, 0.6) is 0 Å². The molecule has 84 valence electrons. The average Bonchev–Trinajstić information content (AvgIpc) is 2.77. The van der Waals surface area contributed by atoms with Crippen LogP contribution in [0.4, 0.5) is 0 Å². The first-order chi connectivity index (χ1) is 7.76.